The molecule has 0 aliphatic heterocycles. The Kier molecular flexibility index (Phi) is 7.59. The number of amides is 1. The highest BCUT2D eigenvalue weighted by molar-refractivity contribution is 7.92. The van der Waals surface area contributed by atoms with Crippen molar-refractivity contribution in [3.05, 3.63) is 88.5 Å². The van der Waals surface area contributed by atoms with Crippen LogP contribution in [0.1, 0.15) is 41.7 Å². The number of nitrogens with one attached hydrogen (secondary N) is 1. The molecular formula is C27H32N2O3S. The van der Waals surface area contributed by atoms with Crippen LogP contribution in [0.3, 0.4) is 0 Å². The minimum absolute atomic E-state index is 0.157. The molecule has 5 nitrogen and oxygen atoms in total. The van der Waals surface area contributed by atoms with E-state index in [0.717, 1.165) is 46.3 Å². The van der Waals surface area contributed by atoms with Gasteiger partial charge in [0.05, 0.1) is 10.6 Å². The molecule has 0 bridgehead atoms. The van der Waals surface area contributed by atoms with Crippen molar-refractivity contribution in [2.75, 3.05) is 16.2 Å². The molecule has 174 valence electrons. The third-order valence-corrected chi connectivity index (χ3v) is 7.57. The zero-order chi connectivity index (χ0) is 24.2. The maximum Gasteiger partial charge on any atom is 0.264 e. The topological polar surface area (TPSA) is 66.5 Å². The van der Waals surface area contributed by atoms with Gasteiger partial charge in [-0.25, -0.2) is 8.42 Å². The Morgan fingerprint density at radius 2 is 1.42 bits per heavy atom. The highest BCUT2D eigenvalue weighted by Crippen LogP contribution is 2.29. The number of para-hydroxylation sites is 1. The number of carbonyl (C=O) groups is 1. The third-order valence-electron chi connectivity index (χ3n) is 5.79. The second-order valence-electron chi connectivity index (χ2n) is 8.32. The zero-order valence-corrected chi connectivity index (χ0v) is 20.8. The molecule has 33 heavy (non-hydrogen) atoms. The van der Waals surface area contributed by atoms with Gasteiger partial charge in [-0.1, -0.05) is 61.9 Å². The summed E-state index contributed by atoms with van der Waals surface area (Å²) in [5.41, 5.74) is 6.02. The van der Waals surface area contributed by atoms with E-state index in [0.29, 0.717) is 5.69 Å². The van der Waals surface area contributed by atoms with E-state index in [9.17, 15) is 13.2 Å². The predicted octanol–water partition coefficient (Wildman–Crippen LogP) is 5.57. The van der Waals surface area contributed by atoms with Crippen LogP contribution in [-0.4, -0.2) is 20.9 Å². The lowest BCUT2D eigenvalue weighted by atomic mass is 10.0. The Labute approximate surface area is 197 Å². The van der Waals surface area contributed by atoms with Gasteiger partial charge in [-0.15, -0.1) is 0 Å². The molecular weight excluding hydrogens is 432 g/mol. The molecule has 3 rings (SSSR count). The van der Waals surface area contributed by atoms with Gasteiger partial charge >= 0.3 is 0 Å². The largest absolute Gasteiger partial charge is 0.324 e. The fourth-order valence-corrected chi connectivity index (χ4v) is 5.32. The van der Waals surface area contributed by atoms with E-state index in [4.69, 9.17) is 0 Å². The van der Waals surface area contributed by atoms with Crippen molar-refractivity contribution in [3.8, 4) is 0 Å². The van der Waals surface area contributed by atoms with Gasteiger partial charge in [-0.2, -0.15) is 0 Å². The smallest absolute Gasteiger partial charge is 0.264 e. The van der Waals surface area contributed by atoms with Crippen LogP contribution in [0.2, 0.25) is 0 Å². The number of carbonyl (C=O) groups excluding carboxylic acids is 1. The minimum atomic E-state index is -3.96. The third kappa shape index (κ3) is 5.45. The van der Waals surface area contributed by atoms with Crippen LogP contribution in [0, 0.1) is 20.8 Å². The summed E-state index contributed by atoms with van der Waals surface area (Å²) in [5, 5.41) is 3.00. The van der Waals surface area contributed by atoms with Crippen molar-refractivity contribution >= 4 is 27.3 Å². The number of sulfonamides is 1. The number of benzene rings is 3. The average Bonchev–Trinajstić information content (AvgIpc) is 2.79. The monoisotopic (exact) mass is 464 g/mol. The molecule has 1 amide bonds. The Hall–Kier alpha value is -3.12. The first-order valence-corrected chi connectivity index (χ1v) is 12.7. The van der Waals surface area contributed by atoms with Gasteiger partial charge in [0.1, 0.15) is 6.54 Å². The molecule has 0 aliphatic rings. The fourth-order valence-electron chi connectivity index (χ4n) is 3.84. The molecule has 0 saturated heterocycles. The Balaban J connectivity index is 2.03. The minimum Gasteiger partial charge on any atom is -0.324 e. The summed E-state index contributed by atoms with van der Waals surface area (Å²) in [6, 6.07) is 18.3. The lowest BCUT2D eigenvalue weighted by Crippen LogP contribution is -2.38. The van der Waals surface area contributed by atoms with Crippen molar-refractivity contribution in [3.63, 3.8) is 0 Å². The first-order chi connectivity index (χ1) is 15.7. The normalized spacial score (nSPS) is 11.3. The first kappa shape index (κ1) is 24.5. The zero-order valence-electron chi connectivity index (χ0n) is 20.0. The van der Waals surface area contributed by atoms with Crippen molar-refractivity contribution in [2.24, 2.45) is 0 Å². The highest BCUT2D eigenvalue weighted by Gasteiger charge is 2.28. The summed E-state index contributed by atoms with van der Waals surface area (Å²) in [4.78, 5) is 13.4. The van der Waals surface area contributed by atoms with Gasteiger partial charge in [0.2, 0.25) is 5.91 Å². The molecule has 0 fully saturated rings. The summed E-state index contributed by atoms with van der Waals surface area (Å²) in [5.74, 6) is -0.373. The van der Waals surface area contributed by atoms with Crippen molar-refractivity contribution in [1.29, 1.82) is 0 Å². The fraction of sp³-hybridized carbons (Fsp3) is 0.296. The Bertz CT molecular complexity index is 1230. The van der Waals surface area contributed by atoms with Crippen LogP contribution < -0.4 is 9.62 Å². The SMILES string of the molecule is CCc1cccc(CC)c1NC(=O)CN(c1cc(C)ccc1C)S(=O)(=O)c1ccc(C)cc1. The van der Waals surface area contributed by atoms with Gasteiger partial charge in [0, 0.05) is 5.69 Å². The van der Waals surface area contributed by atoms with Crippen molar-refractivity contribution < 1.29 is 13.2 Å². The van der Waals surface area contributed by atoms with E-state index in [1.54, 1.807) is 24.3 Å². The molecule has 0 heterocycles. The molecule has 0 atom stereocenters. The number of anilines is 2. The van der Waals surface area contributed by atoms with Crippen LogP contribution in [0.25, 0.3) is 0 Å². The van der Waals surface area contributed by atoms with E-state index >= 15 is 0 Å². The summed E-state index contributed by atoms with van der Waals surface area (Å²) < 4.78 is 28.6. The van der Waals surface area contributed by atoms with E-state index in [1.165, 1.54) is 4.31 Å². The lowest BCUT2D eigenvalue weighted by molar-refractivity contribution is -0.114. The van der Waals surface area contributed by atoms with Gasteiger partial charge in [-0.3, -0.25) is 9.10 Å². The van der Waals surface area contributed by atoms with E-state index in [2.05, 4.69) is 5.32 Å². The van der Waals surface area contributed by atoms with Crippen LogP contribution in [-0.2, 0) is 27.7 Å². The maximum absolute atomic E-state index is 13.7. The van der Waals surface area contributed by atoms with Gasteiger partial charge in [0.25, 0.3) is 10.0 Å². The van der Waals surface area contributed by atoms with Gasteiger partial charge in [0.15, 0.2) is 0 Å². The van der Waals surface area contributed by atoms with Crippen LogP contribution in [0.5, 0.6) is 0 Å². The van der Waals surface area contributed by atoms with Crippen LogP contribution in [0.4, 0.5) is 11.4 Å². The summed E-state index contributed by atoms with van der Waals surface area (Å²) in [6.07, 6.45) is 1.54. The molecule has 6 heteroatoms. The number of rotatable bonds is 8. The number of aryl methyl sites for hydroxylation is 5. The molecule has 0 radical (unpaired) electrons. The number of hydrogen-bond donors (Lipinski definition) is 1. The quantitative estimate of drug-likeness (QED) is 0.474. The van der Waals surface area contributed by atoms with E-state index in [1.807, 2.05) is 71.0 Å². The first-order valence-electron chi connectivity index (χ1n) is 11.2. The lowest BCUT2D eigenvalue weighted by Gasteiger charge is -2.26. The van der Waals surface area contributed by atoms with E-state index < -0.39 is 10.0 Å². The summed E-state index contributed by atoms with van der Waals surface area (Å²) in [6.45, 7) is 9.42. The second kappa shape index (κ2) is 10.2. The molecule has 0 unspecified atom stereocenters. The summed E-state index contributed by atoms with van der Waals surface area (Å²) >= 11 is 0. The average molecular weight is 465 g/mol. The number of nitrogens with zero attached hydrogens (tertiary/aromatic N) is 1. The standard InChI is InChI=1S/C27H32N2O3S/c1-6-22-9-8-10-23(7-2)27(22)28-26(30)18-29(25-17-20(4)11-14-21(25)5)33(31,32)24-15-12-19(3)13-16-24/h8-17H,6-7,18H2,1-5H3,(H,28,30). The maximum atomic E-state index is 13.7. The molecule has 3 aromatic carbocycles. The molecule has 3 aromatic rings. The second-order valence-corrected chi connectivity index (χ2v) is 10.2. The van der Waals surface area contributed by atoms with Crippen LogP contribution >= 0.6 is 0 Å². The van der Waals surface area contributed by atoms with E-state index in [-0.39, 0.29) is 17.3 Å². The molecule has 0 aliphatic carbocycles. The Morgan fingerprint density at radius 1 is 0.848 bits per heavy atom. The molecule has 0 spiro atoms. The predicted molar refractivity (Wildman–Crippen MR) is 135 cm³/mol. The number of hydrogen-bond acceptors (Lipinski definition) is 3. The van der Waals surface area contributed by atoms with Gasteiger partial charge in [-0.05, 0) is 74.1 Å². The summed E-state index contributed by atoms with van der Waals surface area (Å²) in [7, 11) is -3.96. The Morgan fingerprint density at radius 3 is 2.00 bits per heavy atom. The molecule has 0 saturated carbocycles. The molecule has 1 N–H and O–H groups in total. The van der Waals surface area contributed by atoms with Crippen LogP contribution in [0.15, 0.2) is 65.6 Å². The van der Waals surface area contributed by atoms with Crippen molar-refractivity contribution in [2.45, 2.75) is 52.4 Å². The van der Waals surface area contributed by atoms with Crippen molar-refractivity contribution in [1.82, 2.24) is 0 Å². The van der Waals surface area contributed by atoms with Gasteiger partial charge < -0.3 is 5.32 Å². The molecule has 0 aromatic heterocycles. The highest BCUT2D eigenvalue weighted by atomic mass is 32.2.